The van der Waals surface area contributed by atoms with Crippen LogP contribution in [-0.2, 0) is 51.3 Å². The zero-order chi connectivity index (χ0) is 27.1. The van der Waals surface area contributed by atoms with Gasteiger partial charge in [0.15, 0.2) is 12.2 Å². The van der Waals surface area contributed by atoms with Crippen molar-refractivity contribution in [1.82, 2.24) is 9.55 Å². The third-order valence-corrected chi connectivity index (χ3v) is 6.82. The van der Waals surface area contributed by atoms with Crippen molar-refractivity contribution in [3.05, 3.63) is 33.1 Å². The molecule has 18 heteroatoms. The molecule has 1 N–H and O–H groups in total. The van der Waals surface area contributed by atoms with Gasteiger partial charge in [-0.05, 0) is 6.42 Å². The lowest BCUT2D eigenvalue weighted by atomic mass is 10.1. The van der Waals surface area contributed by atoms with Crippen LogP contribution in [0.2, 0.25) is 0 Å². The van der Waals surface area contributed by atoms with Gasteiger partial charge in [-0.1, -0.05) is 6.92 Å². The van der Waals surface area contributed by atoms with Gasteiger partial charge in [0, 0.05) is 18.2 Å². The van der Waals surface area contributed by atoms with Crippen LogP contribution in [0, 0.1) is 5.92 Å². The van der Waals surface area contributed by atoms with Crippen LogP contribution in [0.4, 0.5) is 9.59 Å². The Bertz CT molecular complexity index is 1090. The van der Waals surface area contributed by atoms with Gasteiger partial charge in [-0.2, -0.15) is 0 Å². The van der Waals surface area contributed by atoms with E-state index in [2.05, 4.69) is 4.98 Å². The average Bonchev–Trinajstić information content (AvgIpc) is 3.18. The second-order valence-corrected chi connectivity index (χ2v) is 10.1. The lowest BCUT2D eigenvalue weighted by molar-refractivity contribution is -0.125. The number of nitrogens with zero attached hydrogens (tertiary/aromatic N) is 1. The zero-order valence-corrected chi connectivity index (χ0v) is 21.1. The summed E-state index contributed by atoms with van der Waals surface area (Å²) < 4.78 is 64.5. The molecule has 3 saturated heterocycles. The zero-order valence-electron chi connectivity index (χ0n) is 20.2. The summed E-state index contributed by atoms with van der Waals surface area (Å²) in [7, 11) is -4.48. The number of rotatable bonds is 12. The normalized spacial score (nSPS) is 23.8. The molecule has 0 unspecified atom stereocenters. The van der Waals surface area contributed by atoms with Crippen molar-refractivity contribution in [2.75, 3.05) is 46.6 Å². The number of carbonyl (C=O) groups excluding carboxylic acids is 2. The lowest BCUT2D eigenvalue weighted by Crippen LogP contribution is -2.38. The van der Waals surface area contributed by atoms with E-state index >= 15 is 0 Å². The van der Waals surface area contributed by atoms with Crippen LogP contribution in [0.25, 0.3) is 0 Å². The van der Waals surface area contributed by atoms with Crippen LogP contribution in [0.3, 0.4) is 0 Å². The molecular formula is C20H27N2O15P. The Morgan fingerprint density at radius 3 is 2.08 bits per heavy atom. The summed E-state index contributed by atoms with van der Waals surface area (Å²) in [5, 5.41) is 0. The van der Waals surface area contributed by atoms with Crippen molar-refractivity contribution in [3.63, 3.8) is 0 Å². The highest BCUT2D eigenvalue weighted by Gasteiger charge is 2.37. The second-order valence-electron chi connectivity index (χ2n) is 8.46. The first-order valence-corrected chi connectivity index (χ1v) is 13.0. The van der Waals surface area contributed by atoms with Crippen molar-refractivity contribution in [2.24, 2.45) is 5.92 Å². The number of nitrogens with one attached hydrogen (secondary N) is 1. The summed E-state index contributed by atoms with van der Waals surface area (Å²) >= 11 is 0. The summed E-state index contributed by atoms with van der Waals surface area (Å²) in [6.07, 6.45) is -2.78. The summed E-state index contributed by atoms with van der Waals surface area (Å²) in [4.78, 5) is 49.0. The monoisotopic (exact) mass is 566 g/mol. The first-order chi connectivity index (χ1) is 18.2. The highest BCUT2D eigenvalue weighted by molar-refractivity contribution is 7.48. The summed E-state index contributed by atoms with van der Waals surface area (Å²) in [6.45, 7) is 0.661. The van der Waals surface area contributed by atoms with Crippen molar-refractivity contribution >= 4 is 20.1 Å². The van der Waals surface area contributed by atoms with Gasteiger partial charge in [0.25, 0.3) is 5.56 Å². The highest BCUT2D eigenvalue weighted by Crippen LogP contribution is 2.50. The Hall–Kier alpha value is -2.79. The molecule has 1 aromatic heterocycles. The first-order valence-electron chi connectivity index (χ1n) is 11.5. The molecule has 38 heavy (non-hydrogen) atoms. The molecule has 0 spiro atoms. The number of H-pyrrole nitrogens is 1. The third-order valence-electron chi connectivity index (χ3n) is 5.51. The van der Waals surface area contributed by atoms with Crippen LogP contribution in [0.15, 0.2) is 21.9 Å². The minimum Gasteiger partial charge on any atom is -0.426 e. The molecule has 0 amide bonds. The highest BCUT2D eigenvalue weighted by atomic mass is 31.2. The Morgan fingerprint density at radius 1 is 1.00 bits per heavy atom. The maximum Gasteiger partial charge on any atom is 0.510 e. The van der Waals surface area contributed by atoms with Crippen LogP contribution in [0.5, 0.6) is 0 Å². The molecule has 3 aliphatic heterocycles. The SMILES string of the molecule is C[C@H]1C[C@@H](COP(=O)(OCOC(=O)OC2COC2)OCOC(=O)OC2COC2)O[C@H]1n1ccc(=O)[nH]c1=O. The van der Waals surface area contributed by atoms with E-state index in [4.69, 9.17) is 46.7 Å². The molecule has 1 aromatic rings. The minimum atomic E-state index is -4.48. The van der Waals surface area contributed by atoms with Crippen molar-refractivity contribution in [2.45, 2.75) is 37.9 Å². The predicted molar refractivity (Wildman–Crippen MR) is 119 cm³/mol. The molecule has 4 heterocycles. The third kappa shape index (κ3) is 7.86. The molecule has 4 rings (SSSR count). The van der Waals surface area contributed by atoms with E-state index in [1.807, 2.05) is 6.92 Å². The van der Waals surface area contributed by atoms with E-state index in [-0.39, 0.29) is 39.0 Å². The van der Waals surface area contributed by atoms with Gasteiger partial charge >= 0.3 is 25.8 Å². The molecule has 212 valence electrons. The molecule has 0 saturated carbocycles. The van der Waals surface area contributed by atoms with E-state index in [9.17, 15) is 23.7 Å². The molecule has 3 atom stereocenters. The van der Waals surface area contributed by atoms with E-state index in [1.54, 1.807) is 0 Å². The van der Waals surface area contributed by atoms with Crippen LogP contribution >= 0.6 is 7.82 Å². The average molecular weight is 566 g/mol. The Labute approximate surface area is 214 Å². The van der Waals surface area contributed by atoms with E-state index in [1.165, 1.54) is 16.8 Å². The quantitative estimate of drug-likeness (QED) is 0.210. The molecule has 0 aromatic carbocycles. The van der Waals surface area contributed by atoms with E-state index in [0.717, 1.165) is 0 Å². The number of hydrogen-bond acceptors (Lipinski definition) is 15. The Balaban J connectivity index is 1.29. The Morgan fingerprint density at radius 2 is 1.58 bits per heavy atom. The van der Waals surface area contributed by atoms with Gasteiger partial charge < -0.3 is 33.2 Å². The van der Waals surface area contributed by atoms with Gasteiger partial charge in [-0.25, -0.2) is 28.0 Å². The molecular weight excluding hydrogens is 539 g/mol. The van der Waals surface area contributed by atoms with Gasteiger partial charge in [-0.3, -0.25) is 18.9 Å². The Kier molecular flexibility index (Phi) is 9.54. The van der Waals surface area contributed by atoms with Crippen molar-refractivity contribution < 1.29 is 60.9 Å². The fourth-order valence-corrected chi connectivity index (χ4v) is 4.40. The van der Waals surface area contributed by atoms with Crippen LogP contribution in [0.1, 0.15) is 19.6 Å². The van der Waals surface area contributed by atoms with Gasteiger partial charge in [0.05, 0.1) is 39.1 Å². The van der Waals surface area contributed by atoms with Crippen molar-refractivity contribution in [3.8, 4) is 0 Å². The number of phosphoric ester groups is 1. The standard InChI is InChI=1S/C20H27N2O15P/c1-12-4-13(35-17(12)22-3-2-16(23)21-18(22)24)9-32-38(27,33-10-30-19(25)36-14-5-28-6-14)34-11-31-20(26)37-15-7-29-8-15/h2-3,12-15,17H,4-11H2,1H3,(H,21,23,24)/t12-,13-,17+/m0/s1. The molecule has 0 bridgehead atoms. The summed E-state index contributed by atoms with van der Waals surface area (Å²) in [6, 6.07) is 1.18. The maximum absolute atomic E-state index is 13.1. The first kappa shape index (κ1) is 28.2. The predicted octanol–water partition coefficient (Wildman–Crippen LogP) is 0.637. The van der Waals surface area contributed by atoms with Crippen LogP contribution < -0.4 is 11.2 Å². The fraction of sp³-hybridized carbons (Fsp3) is 0.700. The number of phosphoric acid groups is 1. The van der Waals surface area contributed by atoms with Crippen LogP contribution in [-0.4, -0.2) is 86.8 Å². The molecule has 3 aliphatic rings. The second kappa shape index (κ2) is 12.8. The largest absolute Gasteiger partial charge is 0.510 e. The minimum absolute atomic E-state index is 0.185. The molecule has 0 radical (unpaired) electrons. The molecule has 3 fully saturated rings. The summed E-state index contributed by atoms with van der Waals surface area (Å²) in [5.74, 6) is -0.185. The fourth-order valence-electron chi connectivity index (χ4n) is 3.46. The number of aromatic amines is 1. The molecule has 0 aliphatic carbocycles. The number of aromatic nitrogens is 2. The van der Waals surface area contributed by atoms with Crippen molar-refractivity contribution in [1.29, 1.82) is 0 Å². The van der Waals surface area contributed by atoms with E-state index in [0.29, 0.717) is 6.42 Å². The number of carbonyl (C=O) groups is 2. The van der Waals surface area contributed by atoms with E-state index < -0.39 is 69.5 Å². The van der Waals surface area contributed by atoms with Gasteiger partial charge in [0.1, 0.15) is 6.23 Å². The summed E-state index contributed by atoms with van der Waals surface area (Å²) in [5.41, 5.74) is -1.20. The topological polar surface area (TPSA) is 198 Å². The van der Waals surface area contributed by atoms with Gasteiger partial charge in [0.2, 0.25) is 13.6 Å². The smallest absolute Gasteiger partial charge is 0.426 e. The number of hydrogen-bond donors (Lipinski definition) is 1. The maximum atomic E-state index is 13.1. The number of ether oxygens (including phenoxy) is 7. The van der Waals surface area contributed by atoms with Gasteiger partial charge in [-0.15, -0.1) is 0 Å². The molecule has 17 nitrogen and oxygen atoms in total. The lowest BCUT2D eigenvalue weighted by Gasteiger charge is -2.25.